The molecule has 1 heterocycles. The zero-order chi connectivity index (χ0) is 15.5. The second-order valence-corrected chi connectivity index (χ2v) is 7.59. The lowest BCUT2D eigenvalue weighted by molar-refractivity contribution is 0.411. The van der Waals surface area contributed by atoms with Crippen LogP contribution in [0.15, 0.2) is 18.2 Å². The van der Waals surface area contributed by atoms with Crippen LogP contribution in [0.4, 0.5) is 5.69 Å². The van der Waals surface area contributed by atoms with E-state index in [9.17, 15) is 8.42 Å². The number of hydrogen-bond acceptors (Lipinski definition) is 4. The predicted octanol–water partition coefficient (Wildman–Crippen LogP) is 1.98. The maximum Gasteiger partial charge on any atom is 0.208 e. The molecule has 0 amide bonds. The average Bonchev–Trinajstić information content (AvgIpc) is 2.44. The predicted molar refractivity (Wildman–Crippen MR) is 84.0 cm³/mol. The van der Waals surface area contributed by atoms with Crippen molar-refractivity contribution in [1.29, 1.82) is 5.26 Å². The molecule has 1 aromatic carbocycles. The van der Waals surface area contributed by atoms with Crippen molar-refractivity contribution in [2.75, 3.05) is 30.8 Å². The Morgan fingerprint density at radius 3 is 2.90 bits per heavy atom. The Labute approximate surface area is 130 Å². The van der Waals surface area contributed by atoms with E-state index in [1.165, 1.54) is 6.26 Å². The van der Waals surface area contributed by atoms with Crippen LogP contribution in [0.1, 0.15) is 18.4 Å². The lowest BCUT2D eigenvalue weighted by Crippen LogP contribution is -2.40. The van der Waals surface area contributed by atoms with E-state index >= 15 is 0 Å². The lowest BCUT2D eigenvalue weighted by Gasteiger charge is -2.34. The molecule has 114 valence electrons. The van der Waals surface area contributed by atoms with Crippen molar-refractivity contribution < 1.29 is 8.42 Å². The summed E-state index contributed by atoms with van der Waals surface area (Å²) in [5, 5.41) is 9.35. The van der Waals surface area contributed by atoms with Gasteiger partial charge in [0.2, 0.25) is 10.0 Å². The molecule has 0 bridgehead atoms. The third-order valence-electron chi connectivity index (χ3n) is 3.59. The molecule has 5 nitrogen and oxygen atoms in total. The van der Waals surface area contributed by atoms with Gasteiger partial charge in [0.25, 0.3) is 0 Å². The van der Waals surface area contributed by atoms with Crippen molar-refractivity contribution in [3.8, 4) is 6.07 Å². The van der Waals surface area contributed by atoms with Crippen LogP contribution in [0.5, 0.6) is 0 Å². The normalized spacial score (nSPS) is 19.3. The number of rotatable bonds is 4. The second kappa shape index (κ2) is 6.65. The molecule has 1 aliphatic rings. The fourth-order valence-corrected chi connectivity index (χ4v) is 3.28. The van der Waals surface area contributed by atoms with Gasteiger partial charge in [-0.25, -0.2) is 13.1 Å². The fraction of sp³-hybridized carbons (Fsp3) is 0.500. The first-order valence-corrected chi connectivity index (χ1v) is 9.05. The molecule has 0 aliphatic carbocycles. The molecule has 1 N–H and O–H groups in total. The van der Waals surface area contributed by atoms with Crippen LogP contribution in [0.25, 0.3) is 0 Å². The smallest absolute Gasteiger partial charge is 0.208 e. The van der Waals surface area contributed by atoms with Crippen molar-refractivity contribution in [2.45, 2.75) is 12.8 Å². The molecular formula is C14H18ClN3O2S. The van der Waals surface area contributed by atoms with Gasteiger partial charge in [0.1, 0.15) is 6.07 Å². The highest BCUT2D eigenvalue weighted by atomic mass is 35.5. The zero-order valence-corrected chi connectivity index (χ0v) is 13.4. The van der Waals surface area contributed by atoms with Gasteiger partial charge in [-0.3, -0.25) is 0 Å². The lowest BCUT2D eigenvalue weighted by atomic mass is 9.97. The summed E-state index contributed by atoms with van der Waals surface area (Å²) in [6.07, 6.45) is 3.19. The minimum atomic E-state index is -3.15. The molecule has 0 unspecified atom stereocenters. The number of sulfonamides is 1. The van der Waals surface area contributed by atoms with E-state index in [1.54, 1.807) is 12.1 Å². The van der Waals surface area contributed by atoms with Gasteiger partial charge in [-0.1, -0.05) is 11.6 Å². The van der Waals surface area contributed by atoms with Gasteiger partial charge in [0.05, 0.1) is 16.8 Å². The minimum Gasteiger partial charge on any atom is -0.371 e. The SMILES string of the molecule is CS(=O)(=O)NC[C@H]1CCCN(c2ccc(C#N)c(Cl)c2)C1. The van der Waals surface area contributed by atoms with Crippen LogP contribution >= 0.6 is 11.6 Å². The summed E-state index contributed by atoms with van der Waals surface area (Å²) in [6.45, 7) is 2.15. The van der Waals surface area contributed by atoms with Crippen LogP contribution in [0.2, 0.25) is 5.02 Å². The third-order valence-corrected chi connectivity index (χ3v) is 4.60. The molecular weight excluding hydrogens is 310 g/mol. The number of nitrogens with zero attached hydrogens (tertiary/aromatic N) is 2. The first-order chi connectivity index (χ1) is 9.89. The van der Waals surface area contributed by atoms with Crippen molar-refractivity contribution in [3.05, 3.63) is 28.8 Å². The summed E-state index contributed by atoms with van der Waals surface area (Å²) in [5.41, 5.74) is 1.44. The summed E-state index contributed by atoms with van der Waals surface area (Å²) in [6, 6.07) is 7.45. The average molecular weight is 328 g/mol. The Morgan fingerprint density at radius 2 is 2.29 bits per heavy atom. The molecule has 1 fully saturated rings. The van der Waals surface area contributed by atoms with Gasteiger partial charge in [0, 0.05) is 25.3 Å². The van der Waals surface area contributed by atoms with Crippen molar-refractivity contribution in [3.63, 3.8) is 0 Å². The van der Waals surface area contributed by atoms with E-state index < -0.39 is 10.0 Å². The zero-order valence-electron chi connectivity index (χ0n) is 11.8. The molecule has 7 heteroatoms. The molecule has 1 atom stereocenters. The number of halogens is 1. The maximum absolute atomic E-state index is 11.2. The maximum atomic E-state index is 11.2. The van der Waals surface area contributed by atoms with E-state index in [4.69, 9.17) is 16.9 Å². The Balaban J connectivity index is 2.04. The number of nitrogens with one attached hydrogen (secondary N) is 1. The number of piperidine rings is 1. The van der Waals surface area contributed by atoms with Crippen LogP contribution in [-0.2, 0) is 10.0 Å². The third kappa shape index (κ3) is 4.60. The van der Waals surface area contributed by atoms with E-state index in [2.05, 4.69) is 9.62 Å². The molecule has 2 rings (SSSR count). The van der Waals surface area contributed by atoms with Crippen LogP contribution in [0.3, 0.4) is 0 Å². The molecule has 0 spiro atoms. The monoisotopic (exact) mass is 327 g/mol. The summed E-state index contributed by atoms with van der Waals surface area (Å²) >= 11 is 6.07. The summed E-state index contributed by atoms with van der Waals surface area (Å²) in [7, 11) is -3.15. The molecule has 0 saturated carbocycles. The molecule has 21 heavy (non-hydrogen) atoms. The number of benzene rings is 1. The van der Waals surface area contributed by atoms with Gasteiger partial charge in [-0.2, -0.15) is 5.26 Å². The van der Waals surface area contributed by atoms with E-state index in [1.807, 2.05) is 12.1 Å². The number of anilines is 1. The van der Waals surface area contributed by atoms with Crippen molar-refractivity contribution in [2.24, 2.45) is 5.92 Å². The quantitative estimate of drug-likeness (QED) is 0.917. The largest absolute Gasteiger partial charge is 0.371 e. The summed E-state index contributed by atoms with van der Waals surface area (Å²) < 4.78 is 24.9. The standard InChI is InChI=1S/C14H18ClN3O2S/c1-21(19,20)17-9-11-3-2-6-18(10-11)13-5-4-12(8-16)14(15)7-13/h4-5,7,11,17H,2-3,6,9-10H2,1H3/t11-/m1/s1. The van der Waals surface area contributed by atoms with Crippen molar-refractivity contribution >= 4 is 27.3 Å². The molecule has 1 saturated heterocycles. The summed E-state index contributed by atoms with van der Waals surface area (Å²) in [5.74, 6) is 0.280. The van der Waals surface area contributed by atoms with Gasteiger partial charge in [-0.05, 0) is 37.0 Å². The van der Waals surface area contributed by atoms with E-state index in [0.717, 1.165) is 31.6 Å². The van der Waals surface area contributed by atoms with Gasteiger partial charge < -0.3 is 4.90 Å². The molecule has 0 aromatic heterocycles. The highest BCUT2D eigenvalue weighted by molar-refractivity contribution is 7.88. The van der Waals surface area contributed by atoms with E-state index in [0.29, 0.717) is 17.1 Å². The van der Waals surface area contributed by atoms with Gasteiger partial charge in [-0.15, -0.1) is 0 Å². The van der Waals surface area contributed by atoms with Gasteiger partial charge in [0.15, 0.2) is 0 Å². The van der Waals surface area contributed by atoms with Crippen LogP contribution < -0.4 is 9.62 Å². The van der Waals surface area contributed by atoms with Crippen LogP contribution in [-0.4, -0.2) is 34.3 Å². The highest BCUT2D eigenvalue weighted by Crippen LogP contribution is 2.27. The molecule has 1 aliphatic heterocycles. The van der Waals surface area contributed by atoms with Gasteiger partial charge >= 0.3 is 0 Å². The minimum absolute atomic E-state index is 0.280. The second-order valence-electron chi connectivity index (χ2n) is 5.35. The first kappa shape index (κ1) is 16.1. The molecule has 1 aromatic rings. The van der Waals surface area contributed by atoms with E-state index in [-0.39, 0.29) is 5.92 Å². The highest BCUT2D eigenvalue weighted by Gasteiger charge is 2.21. The Bertz CT molecular complexity index is 655. The number of nitriles is 1. The Hall–Kier alpha value is -1.29. The van der Waals surface area contributed by atoms with Crippen LogP contribution in [0, 0.1) is 17.2 Å². The Morgan fingerprint density at radius 1 is 1.52 bits per heavy atom. The first-order valence-electron chi connectivity index (χ1n) is 6.78. The number of hydrogen-bond donors (Lipinski definition) is 1. The molecule has 0 radical (unpaired) electrons. The fourth-order valence-electron chi connectivity index (χ4n) is 2.53. The van der Waals surface area contributed by atoms with Crippen molar-refractivity contribution in [1.82, 2.24) is 4.72 Å². The Kier molecular flexibility index (Phi) is 5.09. The topological polar surface area (TPSA) is 73.2 Å². The summed E-state index contributed by atoms with van der Waals surface area (Å²) in [4.78, 5) is 2.19.